The molecule has 0 aliphatic rings. The van der Waals surface area contributed by atoms with Gasteiger partial charge in [0.05, 0.1) is 13.3 Å². The molecule has 0 spiro atoms. The maximum absolute atomic E-state index is 5.98. The lowest BCUT2D eigenvalue weighted by Gasteiger charge is -2.08. The lowest BCUT2D eigenvalue weighted by molar-refractivity contribution is 0.397. The normalized spacial score (nSPS) is 10.1. The van der Waals surface area contributed by atoms with Gasteiger partial charge in [-0.15, -0.1) is 0 Å². The SMILES string of the molecule is COc1ccc(CNc2nc(NN)ncc2Cl)cn1. The fourth-order valence-electron chi connectivity index (χ4n) is 1.38. The molecule has 0 aliphatic heterocycles. The van der Waals surface area contributed by atoms with Crippen molar-refractivity contribution in [2.24, 2.45) is 5.84 Å². The van der Waals surface area contributed by atoms with Crippen LogP contribution in [0.1, 0.15) is 5.56 Å². The average molecular weight is 281 g/mol. The van der Waals surface area contributed by atoms with Crippen molar-refractivity contribution in [3.63, 3.8) is 0 Å². The fourth-order valence-corrected chi connectivity index (χ4v) is 1.54. The van der Waals surface area contributed by atoms with Crippen LogP contribution in [-0.2, 0) is 6.54 Å². The lowest BCUT2D eigenvalue weighted by Crippen LogP contribution is -2.12. The van der Waals surface area contributed by atoms with Crippen LogP contribution in [-0.4, -0.2) is 22.1 Å². The number of nitrogen functional groups attached to an aromatic ring is 1. The zero-order chi connectivity index (χ0) is 13.7. The Balaban J connectivity index is 2.05. The van der Waals surface area contributed by atoms with Gasteiger partial charge in [-0.2, -0.15) is 4.98 Å². The molecule has 0 aromatic carbocycles. The summed E-state index contributed by atoms with van der Waals surface area (Å²) >= 11 is 5.98. The van der Waals surface area contributed by atoms with E-state index in [2.05, 4.69) is 25.7 Å². The fraction of sp³-hybridized carbons (Fsp3) is 0.182. The third-order valence-electron chi connectivity index (χ3n) is 2.34. The maximum atomic E-state index is 5.98. The van der Waals surface area contributed by atoms with Gasteiger partial charge in [-0.1, -0.05) is 17.7 Å². The predicted molar refractivity (Wildman–Crippen MR) is 73.0 cm³/mol. The minimum atomic E-state index is 0.291. The smallest absolute Gasteiger partial charge is 0.239 e. The molecule has 0 amide bonds. The topological polar surface area (TPSA) is 98.0 Å². The van der Waals surface area contributed by atoms with Crippen LogP contribution in [0.15, 0.2) is 24.5 Å². The molecule has 2 rings (SSSR count). The summed E-state index contributed by atoms with van der Waals surface area (Å²) in [5.74, 6) is 6.60. The maximum Gasteiger partial charge on any atom is 0.239 e. The monoisotopic (exact) mass is 280 g/mol. The van der Waals surface area contributed by atoms with Crippen molar-refractivity contribution in [2.45, 2.75) is 6.54 Å². The van der Waals surface area contributed by atoms with Crippen molar-refractivity contribution < 1.29 is 4.74 Å². The first-order valence-corrected chi connectivity index (χ1v) is 5.82. The first kappa shape index (κ1) is 13.3. The molecule has 0 unspecified atom stereocenters. The van der Waals surface area contributed by atoms with Gasteiger partial charge in [0, 0.05) is 18.8 Å². The van der Waals surface area contributed by atoms with Crippen LogP contribution in [0.3, 0.4) is 0 Å². The number of nitrogens with zero attached hydrogens (tertiary/aromatic N) is 3. The minimum Gasteiger partial charge on any atom is -0.481 e. The second-order valence-electron chi connectivity index (χ2n) is 3.60. The summed E-state index contributed by atoms with van der Waals surface area (Å²) in [5, 5.41) is 3.50. The second-order valence-corrected chi connectivity index (χ2v) is 4.00. The molecule has 0 saturated heterocycles. The molecule has 100 valence electrons. The quantitative estimate of drug-likeness (QED) is 0.563. The summed E-state index contributed by atoms with van der Waals surface area (Å²) in [6.07, 6.45) is 3.18. The number of halogens is 1. The Labute approximate surface area is 115 Å². The van der Waals surface area contributed by atoms with Crippen LogP contribution in [0.5, 0.6) is 5.88 Å². The number of aromatic nitrogens is 3. The summed E-state index contributed by atoms with van der Waals surface area (Å²) in [5.41, 5.74) is 3.33. The molecule has 0 aliphatic carbocycles. The lowest BCUT2D eigenvalue weighted by atomic mass is 10.3. The number of rotatable bonds is 5. The van der Waals surface area contributed by atoms with E-state index in [-0.39, 0.29) is 0 Å². The number of pyridine rings is 1. The van der Waals surface area contributed by atoms with E-state index in [1.807, 2.05) is 6.07 Å². The summed E-state index contributed by atoms with van der Waals surface area (Å²) < 4.78 is 4.99. The first-order valence-electron chi connectivity index (χ1n) is 5.45. The highest BCUT2D eigenvalue weighted by Crippen LogP contribution is 2.19. The van der Waals surface area contributed by atoms with Crippen LogP contribution in [0.2, 0.25) is 5.02 Å². The Morgan fingerprint density at radius 1 is 1.32 bits per heavy atom. The molecule has 0 bridgehead atoms. The van der Waals surface area contributed by atoms with E-state index in [9.17, 15) is 0 Å². The molecule has 8 heteroatoms. The minimum absolute atomic E-state index is 0.291. The number of methoxy groups -OCH3 is 1. The van der Waals surface area contributed by atoms with Crippen LogP contribution in [0, 0.1) is 0 Å². The molecule has 2 aromatic rings. The molecule has 2 aromatic heterocycles. The molecule has 0 saturated carbocycles. The zero-order valence-corrected chi connectivity index (χ0v) is 11.0. The van der Waals surface area contributed by atoms with Gasteiger partial charge >= 0.3 is 0 Å². The van der Waals surface area contributed by atoms with Crippen LogP contribution < -0.4 is 21.3 Å². The Morgan fingerprint density at radius 3 is 2.79 bits per heavy atom. The van der Waals surface area contributed by atoms with Gasteiger partial charge in [-0.3, -0.25) is 5.43 Å². The van der Waals surface area contributed by atoms with Gasteiger partial charge in [-0.05, 0) is 5.56 Å². The predicted octanol–water partition coefficient (Wildman–Crippen LogP) is 1.43. The number of hydrogen-bond donors (Lipinski definition) is 3. The summed E-state index contributed by atoms with van der Waals surface area (Å²) in [6.45, 7) is 0.526. The van der Waals surface area contributed by atoms with Crippen LogP contribution in [0.25, 0.3) is 0 Å². The molecule has 7 nitrogen and oxygen atoms in total. The second kappa shape index (κ2) is 6.17. The Hall–Kier alpha value is -2.12. The summed E-state index contributed by atoms with van der Waals surface area (Å²) in [4.78, 5) is 12.1. The number of hydrazine groups is 1. The molecule has 4 N–H and O–H groups in total. The van der Waals surface area contributed by atoms with Gasteiger partial charge in [0.1, 0.15) is 5.02 Å². The van der Waals surface area contributed by atoms with E-state index in [0.29, 0.717) is 29.2 Å². The van der Waals surface area contributed by atoms with E-state index in [1.165, 1.54) is 6.20 Å². The molecule has 2 heterocycles. The average Bonchev–Trinajstić information content (AvgIpc) is 2.47. The highest BCUT2D eigenvalue weighted by Gasteiger charge is 2.04. The molecule has 0 fully saturated rings. The van der Waals surface area contributed by atoms with Gasteiger partial charge in [-0.25, -0.2) is 15.8 Å². The summed E-state index contributed by atoms with van der Waals surface area (Å²) in [7, 11) is 1.57. The number of hydrogen-bond acceptors (Lipinski definition) is 7. The molecule has 0 radical (unpaired) electrons. The van der Waals surface area contributed by atoms with Gasteiger partial charge in [0.2, 0.25) is 11.8 Å². The number of nitrogens with two attached hydrogens (primary N) is 1. The van der Waals surface area contributed by atoms with E-state index in [4.69, 9.17) is 22.2 Å². The van der Waals surface area contributed by atoms with Crippen molar-refractivity contribution in [1.82, 2.24) is 15.0 Å². The molecular formula is C11H13ClN6O. The van der Waals surface area contributed by atoms with E-state index >= 15 is 0 Å². The summed E-state index contributed by atoms with van der Waals surface area (Å²) in [6, 6.07) is 3.68. The van der Waals surface area contributed by atoms with Crippen molar-refractivity contribution >= 4 is 23.4 Å². The Kier molecular flexibility index (Phi) is 4.32. The van der Waals surface area contributed by atoms with Crippen molar-refractivity contribution in [1.29, 1.82) is 0 Å². The highest BCUT2D eigenvalue weighted by atomic mass is 35.5. The van der Waals surface area contributed by atoms with Crippen molar-refractivity contribution in [3.8, 4) is 5.88 Å². The Morgan fingerprint density at radius 2 is 2.16 bits per heavy atom. The molecule has 0 atom stereocenters. The van der Waals surface area contributed by atoms with E-state index in [1.54, 1.807) is 19.4 Å². The van der Waals surface area contributed by atoms with Crippen LogP contribution in [0.4, 0.5) is 11.8 Å². The third-order valence-corrected chi connectivity index (χ3v) is 2.62. The number of nitrogens with one attached hydrogen (secondary N) is 2. The van der Waals surface area contributed by atoms with Gasteiger partial charge < -0.3 is 10.1 Å². The van der Waals surface area contributed by atoms with Crippen molar-refractivity contribution in [3.05, 3.63) is 35.1 Å². The number of ether oxygens (including phenoxy) is 1. The largest absolute Gasteiger partial charge is 0.481 e. The molecular weight excluding hydrogens is 268 g/mol. The zero-order valence-electron chi connectivity index (χ0n) is 10.2. The molecule has 19 heavy (non-hydrogen) atoms. The van der Waals surface area contributed by atoms with Gasteiger partial charge in [0.15, 0.2) is 5.82 Å². The van der Waals surface area contributed by atoms with E-state index in [0.717, 1.165) is 5.56 Å². The number of anilines is 2. The first-order chi connectivity index (χ1) is 9.22. The van der Waals surface area contributed by atoms with Gasteiger partial charge in [0.25, 0.3) is 0 Å². The van der Waals surface area contributed by atoms with Crippen LogP contribution >= 0.6 is 11.6 Å². The highest BCUT2D eigenvalue weighted by molar-refractivity contribution is 6.32. The Bertz CT molecular complexity index is 547. The third kappa shape index (κ3) is 3.43. The van der Waals surface area contributed by atoms with Crippen molar-refractivity contribution in [2.75, 3.05) is 17.9 Å². The standard InChI is InChI=1S/C11H13ClN6O/c1-19-9-3-2-7(4-14-9)5-15-10-8(12)6-16-11(17-10)18-13/h2-4,6H,5,13H2,1H3,(H2,15,16,17,18). The van der Waals surface area contributed by atoms with E-state index < -0.39 is 0 Å².